The van der Waals surface area contributed by atoms with Crippen LogP contribution in [0.5, 0.6) is 0 Å². The van der Waals surface area contributed by atoms with Crippen LogP contribution in [0.3, 0.4) is 0 Å². The van der Waals surface area contributed by atoms with Gasteiger partial charge in [0.2, 0.25) is 0 Å². The minimum absolute atomic E-state index is 0.623. The third-order valence-corrected chi connectivity index (χ3v) is 0.677. The molecule has 0 rings (SSSR count). The molecule has 0 saturated heterocycles. The monoisotopic (exact) mass is 213 g/mol. The van der Waals surface area contributed by atoms with Crippen LogP contribution in [0.1, 0.15) is 0 Å². The van der Waals surface area contributed by atoms with Crippen molar-refractivity contribution in [3.8, 4) is 0 Å². The van der Waals surface area contributed by atoms with E-state index in [1.54, 1.807) is 0 Å². The Morgan fingerprint density at radius 3 is 2.07 bits per heavy atom. The summed E-state index contributed by atoms with van der Waals surface area (Å²) in [6, 6.07) is -1.34. The lowest BCUT2D eigenvalue weighted by Gasteiger charge is -2.02. The molecule has 0 aromatic carbocycles. The van der Waals surface area contributed by atoms with E-state index in [-0.39, 0.29) is 0 Å². The maximum absolute atomic E-state index is 9.88. The minimum Gasteiger partial charge on any atom is -0.480 e. The summed E-state index contributed by atoms with van der Waals surface area (Å²) in [5.41, 5.74) is 4.84. The Balaban J connectivity index is 0. The van der Waals surface area contributed by atoms with Gasteiger partial charge in [-0.1, -0.05) is 0 Å². The number of carboxylic acids is 1. The summed E-state index contributed by atoms with van der Waals surface area (Å²) in [7, 11) is 0. The van der Waals surface area contributed by atoms with Crippen LogP contribution >= 0.6 is 0 Å². The lowest BCUT2D eigenvalue weighted by Crippen LogP contribution is -2.35. The number of nitrogens with zero attached hydrogens (tertiary/aromatic N) is 2. The van der Waals surface area contributed by atoms with Crippen LogP contribution in [0.15, 0.2) is 0 Å². The molecule has 14 heavy (non-hydrogen) atoms. The Morgan fingerprint density at radius 2 is 1.86 bits per heavy atom. The summed E-state index contributed by atoms with van der Waals surface area (Å²) in [6.45, 7) is -0.623. The summed E-state index contributed by atoms with van der Waals surface area (Å²) in [4.78, 5) is 31.4. The number of aliphatic carboxylic acids is 1. The molecule has 1 unspecified atom stereocenters. The Morgan fingerprint density at radius 1 is 1.50 bits per heavy atom. The first-order valence-electron chi connectivity index (χ1n) is 2.86. The zero-order chi connectivity index (χ0) is 11.7. The van der Waals surface area contributed by atoms with Gasteiger partial charge in [-0.2, -0.15) is 0 Å². The van der Waals surface area contributed by atoms with Crippen molar-refractivity contribution in [1.82, 2.24) is 0 Å². The van der Waals surface area contributed by atoms with E-state index in [0.717, 1.165) is 0 Å². The van der Waals surface area contributed by atoms with Crippen molar-refractivity contribution in [3.63, 3.8) is 0 Å². The molecule has 0 fully saturated rings. The van der Waals surface area contributed by atoms with Crippen LogP contribution in [0, 0.1) is 20.2 Å². The smallest absolute Gasteiger partial charge is 0.322 e. The lowest BCUT2D eigenvalue weighted by atomic mass is 10.3. The predicted octanol–water partition coefficient (Wildman–Crippen LogP) is -1.74. The van der Waals surface area contributed by atoms with Gasteiger partial charge >= 0.3 is 5.97 Å². The molecule has 0 bridgehead atoms. The molecule has 11 heteroatoms. The Bertz CT molecular complexity index is 212. The van der Waals surface area contributed by atoms with Gasteiger partial charge in [0.25, 0.3) is 10.2 Å². The molecule has 0 aliphatic heterocycles. The molecule has 11 nitrogen and oxygen atoms in total. The minimum atomic E-state index is -1.50. The molecule has 0 amide bonds. The molecule has 0 heterocycles. The van der Waals surface area contributed by atoms with Crippen molar-refractivity contribution < 1.29 is 30.1 Å². The number of carboxylic acid groups (broad SMARTS) is 1. The predicted molar refractivity (Wildman–Crippen MR) is 37.3 cm³/mol. The highest BCUT2D eigenvalue weighted by Crippen LogP contribution is 1.81. The zero-order valence-electron chi connectivity index (χ0n) is 6.60. The summed E-state index contributed by atoms with van der Waals surface area (Å²) in [5.74, 6) is -1.33. The average Bonchev–Trinajstić information content (AvgIpc) is 1.98. The van der Waals surface area contributed by atoms with Crippen LogP contribution in [-0.2, 0) is 9.63 Å². The Labute approximate surface area is 75.9 Å². The SMILES string of the molecule is NC(CO[N+](=O)[O-])C(=O)O.O=[N+]([O-])O. The van der Waals surface area contributed by atoms with Gasteiger partial charge < -0.3 is 20.9 Å². The number of hydrogen-bond donors (Lipinski definition) is 3. The van der Waals surface area contributed by atoms with Crippen LogP contribution in [0.25, 0.3) is 0 Å². The first kappa shape index (κ1) is 14.4. The molecule has 0 radical (unpaired) electrons. The number of rotatable bonds is 4. The van der Waals surface area contributed by atoms with E-state index in [1.165, 1.54) is 0 Å². The molecule has 0 saturated carbocycles. The fourth-order valence-electron chi connectivity index (χ4n) is 0.212. The molecule has 0 aromatic heterocycles. The van der Waals surface area contributed by atoms with E-state index in [4.69, 9.17) is 26.2 Å². The molecular formula is C3H7N3O8. The van der Waals surface area contributed by atoms with Crippen molar-refractivity contribution in [2.75, 3.05) is 6.61 Å². The first-order valence-corrected chi connectivity index (χ1v) is 2.86. The summed E-state index contributed by atoms with van der Waals surface area (Å²) < 4.78 is 0. The van der Waals surface area contributed by atoms with E-state index in [1.807, 2.05) is 0 Å². The maximum atomic E-state index is 9.88. The molecule has 4 N–H and O–H groups in total. The standard InChI is InChI=1S/C3H6N2O5.HNO3/c4-2(3(6)7)1-10-5(8)9;2-1(3)4/h2H,1,4H2,(H,6,7);(H,2,3,4). The average molecular weight is 213 g/mol. The highest BCUT2D eigenvalue weighted by Gasteiger charge is 2.12. The first-order chi connectivity index (χ1) is 6.27. The van der Waals surface area contributed by atoms with Crippen LogP contribution in [0.4, 0.5) is 0 Å². The topological polar surface area (TPSA) is 179 Å². The second-order valence-electron chi connectivity index (χ2n) is 1.70. The normalized spacial score (nSPS) is 10.4. The van der Waals surface area contributed by atoms with Gasteiger partial charge in [-0.15, -0.1) is 20.2 Å². The van der Waals surface area contributed by atoms with Crippen molar-refractivity contribution in [2.24, 2.45) is 5.73 Å². The van der Waals surface area contributed by atoms with Crippen LogP contribution in [0.2, 0.25) is 0 Å². The molecule has 82 valence electrons. The zero-order valence-corrected chi connectivity index (χ0v) is 6.60. The fourth-order valence-corrected chi connectivity index (χ4v) is 0.212. The van der Waals surface area contributed by atoms with Crippen molar-refractivity contribution >= 4 is 5.97 Å². The second kappa shape index (κ2) is 7.48. The largest absolute Gasteiger partial charge is 0.480 e. The quantitative estimate of drug-likeness (QED) is 0.360. The van der Waals surface area contributed by atoms with E-state index >= 15 is 0 Å². The van der Waals surface area contributed by atoms with Gasteiger partial charge in [0.15, 0.2) is 0 Å². The maximum Gasteiger partial charge on any atom is 0.322 e. The van der Waals surface area contributed by atoms with Gasteiger partial charge in [-0.3, -0.25) is 4.79 Å². The Hall–Kier alpha value is -2.17. The van der Waals surface area contributed by atoms with Gasteiger partial charge in [-0.05, 0) is 0 Å². The molecular weight excluding hydrogens is 206 g/mol. The second-order valence-corrected chi connectivity index (χ2v) is 1.70. The summed E-state index contributed by atoms with van der Waals surface area (Å²) >= 11 is 0. The van der Waals surface area contributed by atoms with E-state index in [2.05, 4.69) is 4.84 Å². The number of carbonyl (C=O) groups is 1. The molecule has 0 aliphatic rings. The molecule has 0 aromatic rings. The lowest BCUT2D eigenvalue weighted by molar-refractivity contribution is -0.757. The number of hydrogen-bond acceptors (Lipinski definition) is 7. The third-order valence-electron chi connectivity index (χ3n) is 0.677. The van der Waals surface area contributed by atoms with Crippen molar-refractivity contribution in [1.29, 1.82) is 0 Å². The third kappa shape index (κ3) is 16.4. The van der Waals surface area contributed by atoms with Gasteiger partial charge in [0.05, 0.1) is 0 Å². The molecule has 0 spiro atoms. The highest BCUT2D eigenvalue weighted by atomic mass is 16.9. The fraction of sp³-hybridized carbons (Fsp3) is 0.667. The van der Waals surface area contributed by atoms with Gasteiger partial charge in [0, 0.05) is 0 Å². The summed E-state index contributed by atoms with van der Waals surface area (Å²) in [6.07, 6.45) is 0. The Kier molecular flexibility index (Phi) is 7.67. The van der Waals surface area contributed by atoms with Gasteiger partial charge in [0.1, 0.15) is 12.6 Å². The van der Waals surface area contributed by atoms with Crippen molar-refractivity contribution in [2.45, 2.75) is 6.04 Å². The summed E-state index contributed by atoms with van der Waals surface area (Å²) in [5, 5.41) is 30.1. The van der Waals surface area contributed by atoms with E-state index in [9.17, 15) is 14.9 Å². The van der Waals surface area contributed by atoms with E-state index in [0.29, 0.717) is 0 Å². The molecule has 0 aliphatic carbocycles. The highest BCUT2D eigenvalue weighted by molar-refractivity contribution is 5.73. The van der Waals surface area contributed by atoms with Gasteiger partial charge in [-0.25, -0.2) is 0 Å². The number of nitrogens with two attached hydrogens (primary N) is 1. The molecule has 1 atom stereocenters. The van der Waals surface area contributed by atoms with Crippen LogP contribution < -0.4 is 5.73 Å². The van der Waals surface area contributed by atoms with Crippen LogP contribution in [-0.4, -0.2) is 39.1 Å². The van der Waals surface area contributed by atoms with Crippen molar-refractivity contribution in [3.05, 3.63) is 20.2 Å². The van der Waals surface area contributed by atoms with E-state index < -0.39 is 28.8 Å².